The molecule has 0 radical (unpaired) electrons. The molecule has 0 aliphatic rings. The molecule has 0 amide bonds. The average molecular weight is 254 g/mol. The van der Waals surface area contributed by atoms with E-state index in [9.17, 15) is 4.39 Å². The molecule has 0 aromatic heterocycles. The Labute approximate surface area is 109 Å². The SMILES string of the molecule is CCC(CN)C(c1cc(F)ccc1OC)N(C)C. The van der Waals surface area contributed by atoms with Crippen molar-refractivity contribution in [2.24, 2.45) is 11.7 Å². The molecule has 1 aromatic carbocycles. The lowest BCUT2D eigenvalue weighted by Crippen LogP contribution is -2.32. The summed E-state index contributed by atoms with van der Waals surface area (Å²) in [5.41, 5.74) is 6.69. The second-order valence-corrected chi connectivity index (χ2v) is 4.70. The molecule has 0 heterocycles. The van der Waals surface area contributed by atoms with E-state index < -0.39 is 0 Å². The van der Waals surface area contributed by atoms with Gasteiger partial charge in [0.1, 0.15) is 11.6 Å². The highest BCUT2D eigenvalue weighted by atomic mass is 19.1. The van der Waals surface area contributed by atoms with Crippen LogP contribution in [0.4, 0.5) is 4.39 Å². The normalized spacial score (nSPS) is 14.6. The van der Waals surface area contributed by atoms with Gasteiger partial charge in [-0.25, -0.2) is 4.39 Å². The van der Waals surface area contributed by atoms with Crippen LogP contribution in [0.1, 0.15) is 24.9 Å². The van der Waals surface area contributed by atoms with Gasteiger partial charge in [-0.3, -0.25) is 0 Å². The summed E-state index contributed by atoms with van der Waals surface area (Å²) in [5, 5.41) is 0. The molecule has 0 fully saturated rings. The molecule has 0 aliphatic carbocycles. The van der Waals surface area contributed by atoms with Crippen LogP contribution in [0.2, 0.25) is 0 Å². The van der Waals surface area contributed by atoms with E-state index in [1.807, 2.05) is 14.1 Å². The van der Waals surface area contributed by atoms with Crippen LogP contribution in [0.3, 0.4) is 0 Å². The van der Waals surface area contributed by atoms with Crippen LogP contribution in [0.5, 0.6) is 5.75 Å². The van der Waals surface area contributed by atoms with Crippen LogP contribution in [0.15, 0.2) is 18.2 Å². The second kappa shape index (κ2) is 6.71. The van der Waals surface area contributed by atoms with Crippen LogP contribution in [0.25, 0.3) is 0 Å². The number of hydrogen-bond donors (Lipinski definition) is 1. The van der Waals surface area contributed by atoms with Crippen molar-refractivity contribution in [2.45, 2.75) is 19.4 Å². The number of benzene rings is 1. The van der Waals surface area contributed by atoms with Crippen molar-refractivity contribution in [3.8, 4) is 5.75 Å². The summed E-state index contributed by atoms with van der Waals surface area (Å²) < 4.78 is 18.8. The van der Waals surface area contributed by atoms with E-state index in [2.05, 4.69) is 11.8 Å². The van der Waals surface area contributed by atoms with Gasteiger partial charge >= 0.3 is 0 Å². The largest absolute Gasteiger partial charge is 0.496 e. The van der Waals surface area contributed by atoms with Gasteiger partial charge in [0.05, 0.1) is 7.11 Å². The molecule has 1 rings (SSSR count). The Bertz CT molecular complexity index is 378. The lowest BCUT2D eigenvalue weighted by atomic mass is 9.89. The summed E-state index contributed by atoms with van der Waals surface area (Å²) in [6, 6.07) is 4.69. The predicted octanol–water partition coefficient (Wildman–Crippen LogP) is 2.42. The summed E-state index contributed by atoms with van der Waals surface area (Å²) in [6.07, 6.45) is 0.943. The Hall–Kier alpha value is -1.13. The van der Waals surface area contributed by atoms with Gasteiger partial charge in [0, 0.05) is 11.6 Å². The van der Waals surface area contributed by atoms with E-state index in [0.717, 1.165) is 12.0 Å². The van der Waals surface area contributed by atoms with Crippen LogP contribution in [-0.4, -0.2) is 32.6 Å². The third kappa shape index (κ3) is 3.21. The molecule has 0 spiro atoms. The average Bonchev–Trinajstić information content (AvgIpc) is 2.35. The monoisotopic (exact) mass is 254 g/mol. The first kappa shape index (κ1) is 14.9. The third-order valence-electron chi connectivity index (χ3n) is 3.34. The molecule has 3 nitrogen and oxygen atoms in total. The lowest BCUT2D eigenvalue weighted by Gasteiger charge is -2.32. The first-order valence-corrected chi connectivity index (χ1v) is 6.25. The molecule has 102 valence electrons. The second-order valence-electron chi connectivity index (χ2n) is 4.70. The fourth-order valence-corrected chi connectivity index (χ4v) is 2.41. The van der Waals surface area contributed by atoms with E-state index in [0.29, 0.717) is 12.3 Å². The minimum absolute atomic E-state index is 0.0608. The van der Waals surface area contributed by atoms with Gasteiger partial charge in [-0.1, -0.05) is 13.3 Å². The van der Waals surface area contributed by atoms with Crippen molar-refractivity contribution in [1.29, 1.82) is 0 Å². The number of methoxy groups -OCH3 is 1. The maximum absolute atomic E-state index is 13.5. The molecule has 2 N–H and O–H groups in total. The number of hydrogen-bond acceptors (Lipinski definition) is 3. The Balaban J connectivity index is 3.23. The molecule has 0 bridgehead atoms. The van der Waals surface area contributed by atoms with Gasteiger partial charge in [-0.2, -0.15) is 0 Å². The smallest absolute Gasteiger partial charge is 0.123 e. The molecule has 1 aromatic rings. The molecule has 18 heavy (non-hydrogen) atoms. The highest BCUT2D eigenvalue weighted by Gasteiger charge is 2.26. The number of nitrogens with zero attached hydrogens (tertiary/aromatic N) is 1. The predicted molar refractivity (Wildman–Crippen MR) is 72.2 cm³/mol. The molecule has 2 atom stereocenters. The topological polar surface area (TPSA) is 38.5 Å². The zero-order valence-electron chi connectivity index (χ0n) is 11.6. The molecule has 2 unspecified atom stereocenters. The van der Waals surface area contributed by atoms with E-state index in [1.54, 1.807) is 19.2 Å². The maximum atomic E-state index is 13.5. The summed E-state index contributed by atoms with van der Waals surface area (Å²) >= 11 is 0. The van der Waals surface area contributed by atoms with E-state index in [1.165, 1.54) is 6.07 Å². The Morgan fingerprint density at radius 3 is 2.50 bits per heavy atom. The van der Waals surface area contributed by atoms with Crippen molar-refractivity contribution in [3.05, 3.63) is 29.6 Å². The van der Waals surface area contributed by atoms with Crippen LogP contribution in [-0.2, 0) is 0 Å². The zero-order valence-corrected chi connectivity index (χ0v) is 11.6. The fraction of sp³-hybridized carbons (Fsp3) is 0.571. The van der Waals surface area contributed by atoms with Gasteiger partial charge in [-0.05, 0) is 44.8 Å². The zero-order chi connectivity index (χ0) is 13.7. The van der Waals surface area contributed by atoms with Crippen molar-refractivity contribution < 1.29 is 9.13 Å². The number of halogens is 1. The van der Waals surface area contributed by atoms with E-state index >= 15 is 0 Å². The van der Waals surface area contributed by atoms with Crippen molar-refractivity contribution in [2.75, 3.05) is 27.7 Å². The first-order chi connectivity index (χ1) is 8.54. The number of ether oxygens (including phenoxy) is 1. The lowest BCUT2D eigenvalue weighted by molar-refractivity contribution is 0.205. The number of rotatable bonds is 6. The van der Waals surface area contributed by atoms with Gasteiger partial charge in [-0.15, -0.1) is 0 Å². The standard InChI is InChI=1S/C14H23FN2O/c1-5-10(9-16)14(17(2)3)12-8-11(15)6-7-13(12)18-4/h6-8,10,14H,5,9,16H2,1-4H3. The first-order valence-electron chi connectivity index (χ1n) is 6.25. The van der Waals surface area contributed by atoms with Crippen molar-refractivity contribution in [3.63, 3.8) is 0 Å². The van der Waals surface area contributed by atoms with Gasteiger partial charge in [0.2, 0.25) is 0 Å². The maximum Gasteiger partial charge on any atom is 0.123 e. The van der Waals surface area contributed by atoms with Crippen molar-refractivity contribution in [1.82, 2.24) is 4.90 Å². The molecule has 0 saturated carbocycles. The molecular formula is C14H23FN2O. The summed E-state index contributed by atoms with van der Waals surface area (Å²) in [7, 11) is 5.56. The van der Waals surface area contributed by atoms with Gasteiger partial charge in [0.25, 0.3) is 0 Å². The van der Waals surface area contributed by atoms with Gasteiger partial charge < -0.3 is 15.4 Å². The minimum atomic E-state index is -0.246. The van der Waals surface area contributed by atoms with E-state index in [-0.39, 0.29) is 17.8 Å². The summed E-state index contributed by atoms with van der Waals surface area (Å²) in [4.78, 5) is 2.07. The Kier molecular flexibility index (Phi) is 5.56. The molecule has 4 heteroatoms. The third-order valence-corrected chi connectivity index (χ3v) is 3.34. The fourth-order valence-electron chi connectivity index (χ4n) is 2.41. The molecule has 0 saturated heterocycles. The molecular weight excluding hydrogens is 231 g/mol. The Morgan fingerprint density at radius 2 is 2.06 bits per heavy atom. The van der Waals surface area contributed by atoms with Gasteiger partial charge in [0.15, 0.2) is 0 Å². The molecule has 0 aliphatic heterocycles. The highest BCUT2D eigenvalue weighted by molar-refractivity contribution is 5.37. The van der Waals surface area contributed by atoms with Crippen LogP contribution in [0, 0.1) is 11.7 Å². The quantitative estimate of drug-likeness (QED) is 0.847. The summed E-state index contributed by atoms with van der Waals surface area (Å²) in [6.45, 7) is 2.67. The number of nitrogens with two attached hydrogens (primary N) is 1. The van der Waals surface area contributed by atoms with Crippen LogP contribution >= 0.6 is 0 Å². The van der Waals surface area contributed by atoms with Crippen LogP contribution < -0.4 is 10.5 Å². The van der Waals surface area contributed by atoms with Crippen molar-refractivity contribution >= 4 is 0 Å². The highest BCUT2D eigenvalue weighted by Crippen LogP contribution is 2.35. The minimum Gasteiger partial charge on any atom is -0.496 e. The Morgan fingerprint density at radius 1 is 1.39 bits per heavy atom. The summed E-state index contributed by atoms with van der Waals surface area (Å²) in [5.74, 6) is 0.738. The van der Waals surface area contributed by atoms with E-state index in [4.69, 9.17) is 10.5 Å².